The number of hydrogen-bond donors (Lipinski definition) is 2. The van der Waals surface area contributed by atoms with Crippen LogP contribution < -0.4 is 11.1 Å². The van der Waals surface area contributed by atoms with E-state index in [2.05, 4.69) is 28.2 Å². The van der Waals surface area contributed by atoms with Gasteiger partial charge in [0.15, 0.2) is 0 Å². The average molecular weight is 334 g/mol. The van der Waals surface area contributed by atoms with Crippen molar-refractivity contribution < 1.29 is 4.79 Å². The summed E-state index contributed by atoms with van der Waals surface area (Å²) in [6, 6.07) is 5.29. The first-order valence-electron chi connectivity index (χ1n) is 5.98. The van der Waals surface area contributed by atoms with Crippen molar-refractivity contribution in [1.82, 2.24) is 0 Å². The van der Waals surface area contributed by atoms with E-state index in [1.807, 2.05) is 0 Å². The zero-order chi connectivity index (χ0) is 13.5. The highest BCUT2D eigenvalue weighted by Gasteiger charge is 2.08. The normalized spacial score (nSPS) is 12.2. The van der Waals surface area contributed by atoms with Gasteiger partial charge in [0.05, 0.1) is 5.69 Å². The molecular weight excluding hydrogens is 316 g/mol. The Bertz CT molecular complexity index is 412. The van der Waals surface area contributed by atoms with Crippen LogP contribution in [0.15, 0.2) is 22.7 Å². The van der Waals surface area contributed by atoms with Crippen molar-refractivity contribution in [1.29, 1.82) is 0 Å². The molecular formula is C13H18BrClN2O. The largest absolute Gasteiger partial charge is 0.330 e. The number of nitrogens with one attached hydrogen (secondary N) is 1. The fourth-order valence-electron chi connectivity index (χ4n) is 1.61. The molecule has 3 nitrogen and oxygen atoms in total. The zero-order valence-corrected chi connectivity index (χ0v) is 12.7. The maximum atomic E-state index is 11.8. The molecule has 0 aliphatic heterocycles. The molecule has 1 amide bonds. The van der Waals surface area contributed by atoms with Crippen LogP contribution in [0, 0.1) is 5.92 Å². The lowest BCUT2D eigenvalue weighted by atomic mass is 10.0. The molecule has 0 bridgehead atoms. The molecule has 1 aromatic rings. The van der Waals surface area contributed by atoms with Crippen LogP contribution in [0.25, 0.3) is 0 Å². The molecule has 0 saturated heterocycles. The Morgan fingerprint density at radius 3 is 2.83 bits per heavy atom. The number of amides is 1. The van der Waals surface area contributed by atoms with Crippen LogP contribution in [0.4, 0.5) is 5.69 Å². The second-order valence-corrected chi connectivity index (χ2v) is 5.68. The van der Waals surface area contributed by atoms with Crippen molar-refractivity contribution in [3.63, 3.8) is 0 Å². The summed E-state index contributed by atoms with van der Waals surface area (Å²) in [6.45, 7) is 2.78. The monoisotopic (exact) mass is 332 g/mol. The predicted molar refractivity (Wildman–Crippen MR) is 79.9 cm³/mol. The highest BCUT2D eigenvalue weighted by atomic mass is 79.9. The van der Waals surface area contributed by atoms with Gasteiger partial charge in [-0.15, -0.1) is 0 Å². The molecule has 100 valence electrons. The van der Waals surface area contributed by atoms with E-state index >= 15 is 0 Å². The summed E-state index contributed by atoms with van der Waals surface area (Å²) < 4.78 is 0.790. The van der Waals surface area contributed by atoms with Crippen molar-refractivity contribution in [3.05, 3.63) is 27.7 Å². The second kappa shape index (κ2) is 7.77. The minimum absolute atomic E-state index is 0.0156. The molecule has 0 fully saturated rings. The Hall–Kier alpha value is -0.580. The van der Waals surface area contributed by atoms with Crippen LogP contribution in [0.5, 0.6) is 0 Å². The van der Waals surface area contributed by atoms with E-state index in [1.54, 1.807) is 18.2 Å². The van der Waals surface area contributed by atoms with Gasteiger partial charge < -0.3 is 11.1 Å². The van der Waals surface area contributed by atoms with E-state index in [4.69, 9.17) is 17.3 Å². The highest BCUT2D eigenvalue weighted by Crippen LogP contribution is 2.26. The maximum Gasteiger partial charge on any atom is 0.224 e. The van der Waals surface area contributed by atoms with Crippen molar-refractivity contribution >= 4 is 39.1 Å². The van der Waals surface area contributed by atoms with E-state index in [9.17, 15) is 4.79 Å². The lowest BCUT2D eigenvalue weighted by Crippen LogP contribution is -2.14. The number of halogens is 2. The summed E-state index contributed by atoms with van der Waals surface area (Å²) in [7, 11) is 0. The van der Waals surface area contributed by atoms with Crippen LogP contribution in [0.3, 0.4) is 0 Å². The molecule has 0 saturated carbocycles. The van der Waals surface area contributed by atoms with Crippen LogP contribution in [-0.4, -0.2) is 12.5 Å². The van der Waals surface area contributed by atoms with Gasteiger partial charge in [0.2, 0.25) is 5.91 Å². The number of carbonyl (C=O) groups is 1. The molecule has 1 unspecified atom stereocenters. The highest BCUT2D eigenvalue weighted by molar-refractivity contribution is 9.10. The van der Waals surface area contributed by atoms with E-state index < -0.39 is 0 Å². The van der Waals surface area contributed by atoms with Crippen molar-refractivity contribution in [2.75, 3.05) is 11.9 Å². The molecule has 0 spiro atoms. The number of carbonyl (C=O) groups excluding carboxylic acids is 1. The summed E-state index contributed by atoms with van der Waals surface area (Å²) in [6.07, 6.45) is 2.32. The third-order valence-corrected chi connectivity index (χ3v) is 3.62. The average Bonchev–Trinajstić information content (AvgIpc) is 2.31. The third kappa shape index (κ3) is 5.38. The molecule has 1 atom stereocenters. The fourth-order valence-corrected chi connectivity index (χ4v) is 2.39. The number of rotatable bonds is 6. The zero-order valence-electron chi connectivity index (χ0n) is 10.4. The van der Waals surface area contributed by atoms with Crippen LogP contribution in [-0.2, 0) is 4.79 Å². The van der Waals surface area contributed by atoms with Gasteiger partial charge in [0.25, 0.3) is 0 Å². The molecule has 5 heteroatoms. The van der Waals surface area contributed by atoms with Gasteiger partial charge in [0, 0.05) is 15.9 Å². The second-order valence-electron chi connectivity index (χ2n) is 4.39. The first kappa shape index (κ1) is 15.5. The molecule has 0 radical (unpaired) electrons. The molecule has 1 rings (SSSR count). The number of nitrogens with two attached hydrogens (primary N) is 1. The van der Waals surface area contributed by atoms with Gasteiger partial charge >= 0.3 is 0 Å². The lowest BCUT2D eigenvalue weighted by Gasteiger charge is -2.11. The summed E-state index contributed by atoms with van der Waals surface area (Å²) in [5.74, 6) is 0.497. The van der Waals surface area contributed by atoms with Gasteiger partial charge in [-0.2, -0.15) is 0 Å². The SMILES string of the molecule is CC(CCN)CCC(=O)Nc1ccc(Cl)cc1Br. The van der Waals surface area contributed by atoms with E-state index in [-0.39, 0.29) is 5.91 Å². The molecule has 0 aliphatic carbocycles. The number of hydrogen-bond acceptors (Lipinski definition) is 2. The van der Waals surface area contributed by atoms with Gasteiger partial charge in [0.1, 0.15) is 0 Å². The number of benzene rings is 1. The van der Waals surface area contributed by atoms with Crippen LogP contribution in [0.1, 0.15) is 26.2 Å². The summed E-state index contributed by atoms with van der Waals surface area (Å²) >= 11 is 9.20. The Labute approximate surface area is 121 Å². The summed E-state index contributed by atoms with van der Waals surface area (Å²) in [4.78, 5) is 11.8. The lowest BCUT2D eigenvalue weighted by molar-refractivity contribution is -0.116. The molecule has 0 heterocycles. The Balaban J connectivity index is 2.44. The van der Waals surface area contributed by atoms with Gasteiger partial charge in [-0.3, -0.25) is 4.79 Å². The summed E-state index contributed by atoms with van der Waals surface area (Å²) in [5, 5.41) is 3.49. The summed E-state index contributed by atoms with van der Waals surface area (Å²) in [5.41, 5.74) is 6.22. The molecule has 0 aromatic heterocycles. The minimum atomic E-state index is 0.0156. The Kier molecular flexibility index (Phi) is 6.68. The van der Waals surface area contributed by atoms with Crippen LogP contribution >= 0.6 is 27.5 Å². The maximum absolute atomic E-state index is 11.8. The number of anilines is 1. The Morgan fingerprint density at radius 2 is 2.22 bits per heavy atom. The molecule has 0 aliphatic rings. The van der Waals surface area contributed by atoms with Gasteiger partial charge in [-0.25, -0.2) is 0 Å². The van der Waals surface area contributed by atoms with Crippen LogP contribution in [0.2, 0.25) is 5.02 Å². The molecule has 18 heavy (non-hydrogen) atoms. The molecule has 1 aromatic carbocycles. The smallest absolute Gasteiger partial charge is 0.224 e. The first-order chi connectivity index (χ1) is 8.52. The van der Waals surface area contributed by atoms with Crippen molar-refractivity contribution in [2.45, 2.75) is 26.2 Å². The third-order valence-electron chi connectivity index (χ3n) is 2.73. The van der Waals surface area contributed by atoms with Crippen molar-refractivity contribution in [2.24, 2.45) is 11.7 Å². The Morgan fingerprint density at radius 1 is 1.50 bits per heavy atom. The van der Waals surface area contributed by atoms with Gasteiger partial charge in [-0.05, 0) is 59.4 Å². The quantitative estimate of drug-likeness (QED) is 0.832. The fraction of sp³-hybridized carbons (Fsp3) is 0.462. The topological polar surface area (TPSA) is 55.1 Å². The first-order valence-corrected chi connectivity index (χ1v) is 7.15. The van der Waals surface area contributed by atoms with E-state index in [0.29, 0.717) is 23.9 Å². The van der Waals surface area contributed by atoms with Crippen molar-refractivity contribution in [3.8, 4) is 0 Å². The molecule has 3 N–H and O–H groups in total. The van der Waals surface area contributed by atoms with E-state index in [1.165, 1.54) is 0 Å². The van der Waals surface area contributed by atoms with Gasteiger partial charge in [-0.1, -0.05) is 18.5 Å². The van der Waals surface area contributed by atoms with E-state index in [0.717, 1.165) is 23.0 Å². The standard InChI is InChI=1S/C13H18BrClN2O/c1-9(6-7-16)2-5-13(18)17-12-4-3-10(15)8-11(12)14/h3-4,8-9H,2,5-7,16H2,1H3,(H,17,18). The minimum Gasteiger partial charge on any atom is -0.330 e. The predicted octanol–water partition coefficient (Wildman–Crippen LogP) is 3.81.